The van der Waals surface area contributed by atoms with E-state index in [4.69, 9.17) is 16.3 Å². The van der Waals surface area contributed by atoms with E-state index >= 15 is 0 Å². The predicted octanol–water partition coefficient (Wildman–Crippen LogP) is 0.800. The average Bonchev–Trinajstić information content (AvgIpc) is 2.90. The first kappa shape index (κ1) is 13.6. The van der Waals surface area contributed by atoms with Gasteiger partial charge < -0.3 is 10.1 Å². The molecule has 0 radical (unpaired) electrons. The van der Waals surface area contributed by atoms with Gasteiger partial charge in [0, 0.05) is 13.7 Å². The Bertz CT molecular complexity index is 519. The van der Waals surface area contributed by atoms with Crippen LogP contribution in [0.15, 0.2) is 12.7 Å². The van der Waals surface area contributed by atoms with E-state index in [0.29, 0.717) is 31.0 Å². The number of hydrogen-bond acceptors (Lipinski definition) is 7. The topological polar surface area (TPSA) is 90.6 Å². The first-order chi connectivity index (χ1) is 9.19. The van der Waals surface area contributed by atoms with Crippen molar-refractivity contribution in [3.8, 4) is 5.95 Å². The van der Waals surface area contributed by atoms with Crippen LogP contribution < -0.4 is 5.32 Å². The van der Waals surface area contributed by atoms with Gasteiger partial charge in [0.15, 0.2) is 0 Å². The van der Waals surface area contributed by atoms with Gasteiger partial charge in [0.1, 0.15) is 12.7 Å². The molecule has 0 aliphatic rings. The first-order valence-electron chi connectivity index (χ1n) is 5.68. The van der Waals surface area contributed by atoms with Crippen molar-refractivity contribution in [1.29, 1.82) is 0 Å². The van der Waals surface area contributed by atoms with Crippen molar-refractivity contribution in [3.05, 3.63) is 17.9 Å². The summed E-state index contributed by atoms with van der Waals surface area (Å²) in [6, 6.07) is 0. The lowest BCUT2D eigenvalue weighted by atomic mass is 10.2. The van der Waals surface area contributed by atoms with Crippen LogP contribution in [0, 0.1) is 5.92 Å². The fourth-order valence-electron chi connectivity index (χ4n) is 1.44. The van der Waals surface area contributed by atoms with E-state index in [0.717, 1.165) is 0 Å². The van der Waals surface area contributed by atoms with Crippen LogP contribution in [0.3, 0.4) is 0 Å². The zero-order valence-electron chi connectivity index (χ0n) is 10.6. The van der Waals surface area contributed by atoms with Crippen LogP contribution in [0.1, 0.15) is 6.92 Å². The Labute approximate surface area is 115 Å². The highest BCUT2D eigenvalue weighted by molar-refractivity contribution is 6.28. The van der Waals surface area contributed by atoms with Gasteiger partial charge in [-0.05, 0) is 17.5 Å². The van der Waals surface area contributed by atoms with Gasteiger partial charge in [0.25, 0.3) is 5.95 Å². The standard InChI is InChI=1S/C10H14ClN7O/c1-7(4-19-2)3-13-9-15-8(11)16-10(17-9)18-6-12-5-14-18/h5-7H,3-4H2,1-2H3,(H,13,15,16,17). The Kier molecular flexibility index (Phi) is 4.58. The Morgan fingerprint density at radius 3 is 2.95 bits per heavy atom. The molecule has 2 rings (SSSR count). The second-order valence-corrected chi connectivity index (χ2v) is 4.35. The van der Waals surface area contributed by atoms with Crippen molar-refractivity contribution < 1.29 is 4.74 Å². The summed E-state index contributed by atoms with van der Waals surface area (Å²) >= 11 is 5.85. The van der Waals surface area contributed by atoms with Crippen LogP contribution in [-0.4, -0.2) is 50.0 Å². The molecule has 1 N–H and O–H groups in total. The summed E-state index contributed by atoms with van der Waals surface area (Å²) in [5.41, 5.74) is 0. The Morgan fingerprint density at radius 1 is 1.42 bits per heavy atom. The molecule has 1 atom stereocenters. The maximum atomic E-state index is 5.85. The second kappa shape index (κ2) is 6.39. The highest BCUT2D eigenvalue weighted by atomic mass is 35.5. The third-order valence-corrected chi connectivity index (χ3v) is 2.45. The molecule has 2 aromatic heterocycles. The maximum Gasteiger partial charge on any atom is 0.258 e. The minimum Gasteiger partial charge on any atom is -0.384 e. The third-order valence-electron chi connectivity index (χ3n) is 2.28. The van der Waals surface area contributed by atoms with Crippen molar-refractivity contribution >= 4 is 17.5 Å². The summed E-state index contributed by atoms with van der Waals surface area (Å²) in [5, 5.41) is 7.12. The lowest BCUT2D eigenvalue weighted by Gasteiger charge is -2.11. The fourth-order valence-corrected chi connectivity index (χ4v) is 1.60. The summed E-state index contributed by atoms with van der Waals surface area (Å²) in [6.07, 6.45) is 2.88. The van der Waals surface area contributed by atoms with Crippen LogP contribution in [0.2, 0.25) is 5.28 Å². The van der Waals surface area contributed by atoms with Gasteiger partial charge >= 0.3 is 0 Å². The molecule has 102 valence electrons. The minimum absolute atomic E-state index is 0.0994. The number of anilines is 1. The van der Waals surface area contributed by atoms with Gasteiger partial charge in [-0.2, -0.15) is 24.7 Å². The molecule has 0 spiro atoms. The molecule has 0 saturated carbocycles. The van der Waals surface area contributed by atoms with Crippen LogP contribution in [-0.2, 0) is 4.74 Å². The van der Waals surface area contributed by atoms with Crippen LogP contribution >= 0.6 is 11.6 Å². The molecule has 19 heavy (non-hydrogen) atoms. The molecule has 0 aliphatic carbocycles. The van der Waals surface area contributed by atoms with Crippen LogP contribution in [0.4, 0.5) is 5.95 Å². The summed E-state index contributed by atoms with van der Waals surface area (Å²) in [6.45, 7) is 3.38. The van der Waals surface area contributed by atoms with Gasteiger partial charge in [-0.3, -0.25) is 0 Å². The van der Waals surface area contributed by atoms with E-state index in [-0.39, 0.29) is 5.28 Å². The summed E-state index contributed by atoms with van der Waals surface area (Å²) in [4.78, 5) is 16.0. The Hall–Kier alpha value is -1.80. The number of ether oxygens (including phenoxy) is 1. The smallest absolute Gasteiger partial charge is 0.258 e. The van der Waals surface area contributed by atoms with E-state index in [2.05, 4.69) is 37.3 Å². The van der Waals surface area contributed by atoms with Crippen LogP contribution in [0.25, 0.3) is 5.95 Å². The molecule has 0 aliphatic heterocycles. The number of rotatable bonds is 6. The van der Waals surface area contributed by atoms with Crippen molar-refractivity contribution in [3.63, 3.8) is 0 Å². The SMILES string of the molecule is COCC(C)CNc1nc(Cl)nc(-n2cncn2)n1. The summed E-state index contributed by atoms with van der Waals surface area (Å²) in [7, 11) is 1.67. The third kappa shape index (κ3) is 3.83. The molecular formula is C10H14ClN7O. The lowest BCUT2D eigenvalue weighted by Crippen LogP contribution is -2.18. The van der Waals surface area contributed by atoms with E-state index in [9.17, 15) is 0 Å². The number of halogens is 1. The fraction of sp³-hybridized carbons (Fsp3) is 0.500. The van der Waals surface area contributed by atoms with Crippen molar-refractivity contribution in [2.75, 3.05) is 25.6 Å². The number of nitrogens with one attached hydrogen (secondary N) is 1. The molecule has 8 nitrogen and oxygen atoms in total. The molecule has 9 heteroatoms. The number of nitrogens with zero attached hydrogens (tertiary/aromatic N) is 6. The molecule has 2 heterocycles. The largest absolute Gasteiger partial charge is 0.384 e. The number of hydrogen-bond donors (Lipinski definition) is 1. The zero-order chi connectivity index (χ0) is 13.7. The summed E-state index contributed by atoms with van der Waals surface area (Å²) < 4.78 is 6.47. The van der Waals surface area contributed by atoms with E-state index in [1.165, 1.54) is 17.3 Å². The van der Waals surface area contributed by atoms with E-state index in [1.807, 2.05) is 0 Å². The van der Waals surface area contributed by atoms with Gasteiger partial charge in [0.2, 0.25) is 11.2 Å². The number of methoxy groups -OCH3 is 1. The molecule has 0 saturated heterocycles. The highest BCUT2D eigenvalue weighted by Gasteiger charge is 2.08. The van der Waals surface area contributed by atoms with Gasteiger partial charge in [-0.25, -0.2) is 4.98 Å². The predicted molar refractivity (Wildman–Crippen MR) is 69.3 cm³/mol. The number of aromatic nitrogens is 6. The quantitative estimate of drug-likeness (QED) is 0.838. The maximum absolute atomic E-state index is 5.85. The molecule has 1 unspecified atom stereocenters. The second-order valence-electron chi connectivity index (χ2n) is 4.01. The monoisotopic (exact) mass is 283 g/mol. The minimum atomic E-state index is 0.0994. The lowest BCUT2D eigenvalue weighted by molar-refractivity contribution is 0.164. The molecule has 0 amide bonds. The van der Waals surface area contributed by atoms with Gasteiger partial charge in [-0.1, -0.05) is 6.92 Å². The van der Waals surface area contributed by atoms with Gasteiger partial charge in [-0.15, -0.1) is 0 Å². The summed E-state index contributed by atoms with van der Waals surface area (Å²) in [5.74, 6) is 1.04. The zero-order valence-corrected chi connectivity index (χ0v) is 11.4. The molecule has 2 aromatic rings. The molecule has 0 bridgehead atoms. The Morgan fingerprint density at radius 2 is 2.26 bits per heavy atom. The van der Waals surface area contributed by atoms with Crippen molar-refractivity contribution in [2.45, 2.75) is 6.92 Å². The van der Waals surface area contributed by atoms with Gasteiger partial charge in [0.05, 0.1) is 6.61 Å². The Balaban J connectivity index is 2.09. The van der Waals surface area contributed by atoms with E-state index in [1.54, 1.807) is 7.11 Å². The first-order valence-corrected chi connectivity index (χ1v) is 6.06. The highest BCUT2D eigenvalue weighted by Crippen LogP contribution is 2.09. The van der Waals surface area contributed by atoms with Crippen molar-refractivity contribution in [1.82, 2.24) is 29.7 Å². The molecule has 0 aromatic carbocycles. The molecule has 0 fully saturated rings. The van der Waals surface area contributed by atoms with E-state index < -0.39 is 0 Å². The van der Waals surface area contributed by atoms with Crippen LogP contribution in [0.5, 0.6) is 0 Å². The molecular weight excluding hydrogens is 270 g/mol. The normalized spacial score (nSPS) is 12.4. The van der Waals surface area contributed by atoms with Crippen molar-refractivity contribution in [2.24, 2.45) is 5.92 Å². The average molecular weight is 284 g/mol.